The Hall–Kier alpha value is -2.33. The summed E-state index contributed by atoms with van der Waals surface area (Å²) in [7, 11) is 0. The molecule has 4 N–H and O–H groups in total. The lowest BCUT2D eigenvalue weighted by molar-refractivity contribution is -0.134. The topological polar surface area (TPSA) is 130 Å². The lowest BCUT2D eigenvalue weighted by atomic mass is 9.70. The summed E-state index contributed by atoms with van der Waals surface area (Å²) in [6, 6.07) is 0.375. The fraction of sp³-hybridized carbons (Fsp3) is 0.611. The fourth-order valence-electron chi connectivity index (χ4n) is 4.79. The Morgan fingerprint density at radius 3 is 3.00 bits per heavy atom. The SMILES string of the molecule is CCc1n[nH]c(CN2[C@@H]3CC[C@H]2[C@@](Cc2cscn2)(C(=O)NCC(N)=O)C3)n1. The standard InChI is InChI=1S/C18H25N7O2S/c1-2-15-22-16(24-23-15)8-25-12-3-4-13(25)18(6-12,5-11-9-28-10-21-11)17(27)20-7-14(19)26/h9-10,12-13H,2-8H2,1H3,(H2,19,26)(H,20,27)(H,22,23,24)/t12-,13+,18+/m1/s1. The van der Waals surface area contributed by atoms with E-state index in [9.17, 15) is 9.59 Å². The average molecular weight is 404 g/mol. The maximum atomic E-state index is 13.2. The zero-order valence-electron chi connectivity index (χ0n) is 15.9. The highest BCUT2D eigenvalue weighted by atomic mass is 32.1. The molecule has 0 spiro atoms. The van der Waals surface area contributed by atoms with E-state index in [1.807, 2.05) is 12.3 Å². The summed E-state index contributed by atoms with van der Waals surface area (Å²) < 4.78 is 0. The average Bonchev–Trinajstić information content (AvgIpc) is 3.46. The van der Waals surface area contributed by atoms with Crippen molar-refractivity contribution in [2.45, 2.75) is 57.7 Å². The van der Waals surface area contributed by atoms with Crippen molar-refractivity contribution in [3.8, 4) is 0 Å². The molecule has 0 radical (unpaired) electrons. The van der Waals surface area contributed by atoms with Gasteiger partial charge in [-0.3, -0.25) is 19.6 Å². The Balaban J connectivity index is 1.59. The molecule has 2 aromatic rings. The van der Waals surface area contributed by atoms with Gasteiger partial charge in [0.1, 0.15) is 11.6 Å². The van der Waals surface area contributed by atoms with Crippen LogP contribution in [0, 0.1) is 5.41 Å². The Labute approximate surface area is 167 Å². The number of amides is 2. The molecule has 4 rings (SSSR count). The van der Waals surface area contributed by atoms with Crippen LogP contribution < -0.4 is 11.1 Å². The van der Waals surface area contributed by atoms with E-state index < -0.39 is 11.3 Å². The van der Waals surface area contributed by atoms with Gasteiger partial charge in [-0.1, -0.05) is 6.92 Å². The molecule has 2 bridgehead atoms. The predicted molar refractivity (Wildman–Crippen MR) is 103 cm³/mol. The first-order chi connectivity index (χ1) is 13.5. The molecule has 0 aromatic carbocycles. The Morgan fingerprint density at radius 2 is 2.32 bits per heavy atom. The molecule has 3 atom stereocenters. The number of hydrogen-bond donors (Lipinski definition) is 3. The van der Waals surface area contributed by atoms with Crippen LogP contribution in [0.5, 0.6) is 0 Å². The summed E-state index contributed by atoms with van der Waals surface area (Å²) in [6.45, 7) is 2.52. The van der Waals surface area contributed by atoms with Crippen LogP contribution in [0.15, 0.2) is 10.9 Å². The van der Waals surface area contributed by atoms with Crippen molar-refractivity contribution >= 4 is 23.2 Å². The fourth-order valence-corrected chi connectivity index (χ4v) is 5.35. The van der Waals surface area contributed by atoms with E-state index in [0.717, 1.165) is 43.0 Å². The van der Waals surface area contributed by atoms with Gasteiger partial charge < -0.3 is 11.1 Å². The number of H-pyrrole nitrogens is 1. The van der Waals surface area contributed by atoms with E-state index in [4.69, 9.17) is 5.73 Å². The molecule has 10 heteroatoms. The number of nitrogens with zero attached hydrogens (tertiary/aromatic N) is 4. The zero-order valence-corrected chi connectivity index (χ0v) is 16.7. The van der Waals surface area contributed by atoms with E-state index in [1.165, 1.54) is 11.3 Å². The Bertz CT molecular complexity index is 852. The Kier molecular flexibility index (Phi) is 5.15. The molecule has 0 aliphatic carbocycles. The number of carbonyl (C=O) groups excluding carboxylic acids is 2. The number of primary amides is 1. The first-order valence-corrected chi connectivity index (χ1v) is 10.6. The summed E-state index contributed by atoms with van der Waals surface area (Å²) in [5.41, 5.74) is 7.34. The number of nitrogens with one attached hydrogen (secondary N) is 2. The number of rotatable bonds is 8. The summed E-state index contributed by atoms with van der Waals surface area (Å²) in [4.78, 5) is 35.8. The summed E-state index contributed by atoms with van der Waals surface area (Å²) in [5.74, 6) is 0.986. The van der Waals surface area contributed by atoms with Crippen molar-refractivity contribution in [2.75, 3.05) is 6.54 Å². The zero-order chi connectivity index (χ0) is 19.7. The highest BCUT2D eigenvalue weighted by molar-refractivity contribution is 7.07. The molecule has 2 aliphatic heterocycles. The van der Waals surface area contributed by atoms with Crippen molar-refractivity contribution in [2.24, 2.45) is 11.1 Å². The van der Waals surface area contributed by atoms with Gasteiger partial charge in [-0.05, 0) is 19.3 Å². The summed E-state index contributed by atoms with van der Waals surface area (Å²) in [6.07, 6.45) is 4.09. The van der Waals surface area contributed by atoms with Crippen LogP contribution in [0.1, 0.15) is 43.5 Å². The summed E-state index contributed by atoms with van der Waals surface area (Å²) >= 11 is 1.53. The normalized spacial score (nSPS) is 26.6. The second-order valence-corrected chi connectivity index (χ2v) is 8.36. The number of aryl methyl sites for hydroxylation is 1. The minimum Gasteiger partial charge on any atom is -0.368 e. The smallest absolute Gasteiger partial charge is 0.236 e. The first kappa shape index (κ1) is 19.0. The van der Waals surface area contributed by atoms with Gasteiger partial charge in [-0.2, -0.15) is 5.10 Å². The number of fused-ring (bicyclic) bond motifs is 2. The van der Waals surface area contributed by atoms with Crippen molar-refractivity contribution < 1.29 is 9.59 Å². The molecule has 2 aliphatic rings. The number of thiazole rings is 1. The quantitative estimate of drug-likeness (QED) is 0.585. The van der Waals surface area contributed by atoms with Crippen LogP contribution in [0.25, 0.3) is 0 Å². The maximum absolute atomic E-state index is 13.2. The van der Waals surface area contributed by atoms with Crippen molar-refractivity contribution in [1.29, 1.82) is 0 Å². The molecule has 2 fully saturated rings. The van der Waals surface area contributed by atoms with Crippen LogP contribution in [0.4, 0.5) is 0 Å². The van der Waals surface area contributed by atoms with Crippen molar-refractivity contribution in [3.05, 3.63) is 28.2 Å². The Morgan fingerprint density at radius 1 is 1.46 bits per heavy atom. The molecule has 28 heavy (non-hydrogen) atoms. The number of nitrogens with two attached hydrogens (primary N) is 1. The minimum atomic E-state index is -0.611. The van der Waals surface area contributed by atoms with Gasteiger partial charge in [-0.15, -0.1) is 11.3 Å². The second-order valence-electron chi connectivity index (χ2n) is 7.64. The van der Waals surface area contributed by atoms with E-state index >= 15 is 0 Å². The van der Waals surface area contributed by atoms with E-state index in [2.05, 4.69) is 30.4 Å². The number of hydrogen-bond acceptors (Lipinski definition) is 7. The van der Waals surface area contributed by atoms with Crippen LogP contribution in [-0.4, -0.2) is 55.5 Å². The highest BCUT2D eigenvalue weighted by Crippen LogP contribution is 2.52. The van der Waals surface area contributed by atoms with Gasteiger partial charge in [0.05, 0.1) is 29.7 Å². The van der Waals surface area contributed by atoms with Gasteiger partial charge in [0.2, 0.25) is 11.8 Å². The predicted octanol–water partition coefficient (Wildman–Crippen LogP) is 0.391. The van der Waals surface area contributed by atoms with E-state index in [0.29, 0.717) is 19.0 Å². The largest absolute Gasteiger partial charge is 0.368 e. The van der Waals surface area contributed by atoms with Crippen molar-refractivity contribution in [3.63, 3.8) is 0 Å². The van der Waals surface area contributed by atoms with Gasteiger partial charge in [0, 0.05) is 30.3 Å². The molecule has 0 saturated carbocycles. The first-order valence-electron chi connectivity index (χ1n) is 9.61. The van der Waals surface area contributed by atoms with Crippen molar-refractivity contribution in [1.82, 2.24) is 30.4 Å². The number of carbonyl (C=O) groups is 2. The lowest BCUT2D eigenvalue weighted by Gasteiger charge is -2.35. The molecule has 0 unspecified atom stereocenters. The van der Waals surface area contributed by atoms with E-state index in [-0.39, 0.29) is 18.5 Å². The molecular weight excluding hydrogens is 378 g/mol. The van der Waals surface area contributed by atoms with Gasteiger partial charge in [0.15, 0.2) is 0 Å². The summed E-state index contributed by atoms with van der Waals surface area (Å²) in [5, 5.41) is 12.0. The van der Waals surface area contributed by atoms with Gasteiger partial charge in [-0.25, -0.2) is 9.97 Å². The lowest BCUT2D eigenvalue weighted by Crippen LogP contribution is -2.52. The van der Waals surface area contributed by atoms with Crippen LogP contribution in [0.3, 0.4) is 0 Å². The van der Waals surface area contributed by atoms with Gasteiger partial charge in [0.25, 0.3) is 0 Å². The van der Waals surface area contributed by atoms with E-state index in [1.54, 1.807) is 5.51 Å². The van der Waals surface area contributed by atoms with Crippen LogP contribution in [-0.2, 0) is 29.0 Å². The third-order valence-electron chi connectivity index (χ3n) is 5.96. The molecule has 4 heterocycles. The molecule has 2 amide bonds. The van der Waals surface area contributed by atoms with Crippen LogP contribution in [0.2, 0.25) is 0 Å². The minimum absolute atomic E-state index is 0.0715. The number of aromatic amines is 1. The third-order valence-corrected chi connectivity index (χ3v) is 6.60. The number of aromatic nitrogens is 4. The van der Waals surface area contributed by atoms with Gasteiger partial charge >= 0.3 is 0 Å². The molecular formula is C18H25N7O2S. The maximum Gasteiger partial charge on any atom is 0.236 e. The monoisotopic (exact) mass is 403 g/mol. The van der Waals surface area contributed by atoms with Crippen LogP contribution >= 0.6 is 11.3 Å². The molecule has 2 saturated heterocycles. The molecule has 2 aromatic heterocycles. The third kappa shape index (κ3) is 3.42. The molecule has 9 nitrogen and oxygen atoms in total. The highest BCUT2D eigenvalue weighted by Gasteiger charge is 2.59. The molecule has 150 valence electrons. The second kappa shape index (κ2) is 7.59.